The van der Waals surface area contributed by atoms with E-state index >= 15 is 0 Å². The number of benzene rings is 2. The number of halogens is 1. The fraction of sp³-hybridized carbons (Fsp3) is 0.227. The summed E-state index contributed by atoms with van der Waals surface area (Å²) in [6, 6.07) is 13.0. The minimum atomic E-state index is 0.0691. The average Bonchev–Trinajstić information content (AvgIpc) is 3.08. The maximum Gasteiger partial charge on any atom is 0.192 e. The van der Waals surface area contributed by atoms with Gasteiger partial charge in [0.2, 0.25) is 0 Å². The van der Waals surface area contributed by atoms with Crippen LogP contribution in [0.1, 0.15) is 27.3 Å². The average molecular weight is 428 g/mol. The van der Waals surface area contributed by atoms with Crippen molar-refractivity contribution in [1.29, 1.82) is 0 Å². The molecule has 0 N–H and O–H groups in total. The second-order valence-corrected chi connectivity index (χ2v) is 7.95. The Balaban J connectivity index is 1.68. The van der Waals surface area contributed by atoms with E-state index in [9.17, 15) is 4.79 Å². The molecule has 3 rings (SSSR count). The van der Waals surface area contributed by atoms with Gasteiger partial charge in [-0.25, -0.2) is 0 Å². The van der Waals surface area contributed by atoms with Gasteiger partial charge >= 0.3 is 0 Å². The Kier molecular flexibility index (Phi) is 7.12. The van der Waals surface area contributed by atoms with Crippen LogP contribution < -0.4 is 4.74 Å². The molecule has 1 heterocycles. The number of hydrogen-bond donors (Lipinski definition) is 0. The van der Waals surface area contributed by atoms with Gasteiger partial charge in [-0.3, -0.25) is 9.36 Å². The van der Waals surface area contributed by atoms with Crippen LogP contribution in [0.3, 0.4) is 0 Å². The highest BCUT2D eigenvalue weighted by molar-refractivity contribution is 7.99. The van der Waals surface area contributed by atoms with Gasteiger partial charge < -0.3 is 4.74 Å². The summed E-state index contributed by atoms with van der Waals surface area (Å²) >= 11 is 7.26. The molecule has 0 aliphatic rings. The summed E-state index contributed by atoms with van der Waals surface area (Å²) in [7, 11) is 0. The Morgan fingerprint density at radius 1 is 1.21 bits per heavy atom. The molecular weight excluding hydrogens is 406 g/mol. The number of hydrogen-bond acceptors (Lipinski definition) is 5. The lowest BCUT2D eigenvalue weighted by Gasteiger charge is -2.09. The molecule has 3 aromatic rings. The van der Waals surface area contributed by atoms with Crippen molar-refractivity contribution in [3.8, 4) is 5.75 Å². The molecule has 0 amide bonds. The number of carbonyl (C=O) groups is 1. The maximum absolute atomic E-state index is 12.6. The van der Waals surface area contributed by atoms with E-state index < -0.39 is 0 Å². The van der Waals surface area contributed by atoms with Gasteiger partial charge in [0.05, 0.1) is 5.75 Å². The lowest BCUT2D eigenvalue weighted by Crippen LogP contribution is -2.09. The van der Waals surface area contributed by atoms with Crippen molar-refractivity contribution >= 4 is 29.1 Å². The fourth-order valence-electron chi connectivity index (χ4n) is 2.86. The van der Waals surface area contributed by atoms with Crippen LogP contribution in [-0.4, -0.2) is 26.3 Å². The third-order valence-corrected chi connectivity index (χ3v) is 5.52. The normalized spacial score (nSPS) is 10.7. The molecule has 150 valence electrons. The molecule has 0 saturated heterocycles. The first-order chi connectivity index (χ1) is 14.0. The summed E-state index contributed by atoms with van der Waals surface area (Å²) in [5, 5.41) is 9.78. The summed E-state index contributed by atoms with van der Waals surface area (Å²) in [5.74, 6) is 1.72. The largest absolute Gasteiger partial charge is 0.486 e. The number of thioether (sulfide) groups is 1. The van der Waals surface area contributed by atoms with Crippen molar-refractivity contribution in [2.24, 2.45) is 0 Å². The zero-order valence-corrected chi connectivity index (χ0v) is 18.0. The van der Waals surface area contributed by atoms with Gasteiger partial charge in [0.25, 0.3) is 0 Å². The summed E-state index contributed by atoms with van der Waals surface area (Å²) in [6.45, 7) is 8.56. The Labute approximate surface area is 179 Å². The highest BCUT2D eigenvalue weighted by atomic mass is 35.5. The first-order valence-electron chi connectivity index (χ1n) is 9.12. The number of carbonyl (C=O) groups excluding carboxylic acids is 1. The first-order valence-corrected chi connectivity index (χ1v) is 10.5. The number of ketones is 1. The van der Waals surface area contributed by atoms with E-state index in [1.54, 1.807) is 30.3 Å². The first kappa shape index (κ1) is 21.1. The van der Waals surface area contributed by atoms with Gasteiger partial charge in [-0.05, 0) is 43.7 Å². The highest BCUT2D eigenvalue weighted by Gasteiger charge is 2.16. The summed E-state index contributed by atoms with van der Waals surface area (Å²) in [5.41, 5.74) is 2.87. The van der Waals surface area contributed by atoms with Crippen molar-refractivity contribution in [2.75, 3.05) is 5.75 Å². The summed E-state index contributed by atoms with van der Waals surface area (Å²) in [4.78, 5) is 12.6. The minimum absolute atomic E-state index is 0.0691. The van der Waals surface area contributed by atoms with Crippen molar-refractivity contribution in [2.45, 2.75) is 32.2 Å². The SMILES string of the molecule is C=CCn1c(COc2ccc(Cl)cc2)nnc1SCC(=O)c1ccc(C)cc1C. The van der Waals surface area contributed by atoms with E-state index in [0.717, 1.165) is 16.7 Å². The Hall–Kier alpha value is -2.57. The van der Waals surface area contributed by atoms with Crippen molar-refractivity contribution < 1.29 is 9.53 Å². The molecule has 0 fully saturated rings. The van der Waals surface area contributed by atoms with Gasteiger partial charge in [0, 0.05) is 17.1 Å². The molecule has 0 atom stereocenters. The summed E-state index contributed by atoms with van der Waals surface area (Å²) in [6.07, 6.45) is 1.77. The summed E-state index contributed by atoms with van der Waals surface area (Å²) < 4.78 is 7.68. The van der Waals surface area contributed by atoms with Gasteiger partial charge in [-0.15, -0.1) is 16.8 Å². The van der Waals surface area contributed by atoms with E-state index in [-0.39, 0.29) is 18.1 Å². The van der Waals surface area contributed by atoms with Crippen LogP contribution in [0.4, 0.5) is 0 Å². The number of aryl methyl sites for hydroxylation is 2. The smallest absolute Gasteiger partial charge is 0.192 e. The number of Topliss-reactive ketones (excluding diaryl/α,β-unsaturated/α-hetero) is 1. The topological polar surface area (TPSA) is 57.0 Å². The molecule has 2 aromatic carbocycles. The predicted octanol–water partition coefficient (Wildman–Crippen LogP) is 5.29. The Morgan fingerprint density at radius 3 is 2.66 bits per heavy atom. The lowest BCUT2D eigenvalue weighted by molar-refractivity contribution is 0.102. The monoisotopic (exact) mass is 427 g/mol. The van der Waals surface area contributed by atoms with Crippen LogP contribution in [-0.2, 0) is 13.2 Å². The number of allylic oxidation sites excluding steroid dienone is 1. The molecule has 0 bridgehead atoms. The quantitative estimate of drug-likeness (QED) is 0.264. The third-order valence-electron chi connectivity index (χ3n) is 4.30. The lowest BCUT2D eigenvalue weighted by atomic mass is 10.0. The molecular formula is C22H22ClN3O2S. The van der Waals surface area contributed by atoms with Gasteiger partial charge in [-0.2, -0.15) is 0 Å². The molecule has 0 spiro atoms. The molecule has 1 aromatic heterocycles. The zero-order chi connectivity index (χ0) is 20.8. The van der Waals surface area contributed by atoms with Crippen molar-refractivity contribution in [1.82, 2.24) is 14.8 Å². The molecule has 0 saturated carbocycles. The maximum atomic E-state index is 12.6. The van der Waals surface area contributed by atoms with E-state index in [2.05, 4.69) is 16.8 Å². The number of ether oxygens (including phenoxy) is 1. The van der Waals surface area contributed by atoms with Gasteiger partial charge in [0.15, 0.2) is 16.8 Å². The second kappa shape index (κ2) is 9.76. The van der Waals surface area contributed by atoms with Crippen molar-refractivity contribution in [3.05, 3.63) is 82.7 Å². The molecule has 0 radical (unpaired) electrons. The molecule has 5 nitrogen and oxygen atoms in total. The third kappa shape index (κ3) is 5.49. The van der Waals surface area contributed by atoms with Crippen LogP contribution in [0.15, 0.2) is 60.3 Å². The second-order valence-electron chi connectivity index (χ2n) is 6.57. The van der Waals surface area contributed by atoms with E-state index in [1.807, 2.05) is 36.6 Å². The Bertz CT molecular complexity index is 1020. The van der Waals surface area contributed by atoms with Gasteiger partial charge in [0.1, 0.15) is 12.4 Å². The van der Waals surface area contributed by atoms with Crippen LogP contribution in [0.5, 0.6) is 5.75 Å². The zero-order valence-electron chi connectivity index (χ0n) is 16.4. The molecule has 7 heteroatoms. The number of nitrogens with zero attached hydrogens (tertiary/aromatic N) is 3. The fourth-order valence-corrected chi connectivity index (χ4v) is 3.83. The van der Waals surface area contributed by atoms with Crippen LogP contribution in [0.25, 0.3) is 0 Å². The molecule has 0 unspecified atom stereocenters. The van der Waals surface area contributed by atoms with Crippen LogP contribution in [0, 0.1) is 13.8 Å². The van der Waals surface area contributed by atoms with Crippen LogP contribution in [0.2, 0.25) is 5.02 Å². The highest BCUT2D eigenvalue weighted by Crippen LogP contribution is 2.22. The Morgan fingerprint density at radius 2 is 1.97 bits per heavy atom. The van der Waals surface area contributed by atoms with Crippen LogP contribution >= 0.6 is 23.4 Å². The van der Waals surface area contributed by atoms with E-state index in [1.165, 1.54) is 11.8 Å². The minimum Gasteiger partial charge on any atom is -0.486 e. The standard InChI is InChI=1S/C22H22ClN3O2S/c1-4-11-26-21(13-28-18-8-6-17(23)7-9-18)24-25-22(26)29-14-20(27)19-10-5-15(2)12-16(19)3/h4-10,12H,1,11,13-14H2,2-3H3. The number of rotatable bonds is 9. The van der Waals surface area contributed by atoms with Crippen molar-refractivity contribution in [3.63, 3.8) is 0 Å². The predicted molar refractivity (Wildman–Crippen MR) is 117 cm³/mol. The van der Waals surface area contributed by atoms with Gasteiger partial charge in [-0.1, -0.05) is 53.2 Å². The molecule has 0 aliphatic carbocycles. The number of aromatic nitrogens is 3. The van der Waals surface area contributed by atoms with E-state index in [0.29, 0.717) is 28.3 Å². The molecule has 29 heavy (non-hydrogen) atoms. The van der Waals surface area contributed by atoms with E-state index in [4.69, 9.17) is 16.3 Å². The molecule has 0 aliphatic heterocycles.